The standard InChI is InChI=1S/C22H28FNO4S/c1-14-18-7-8-28-13-22(18,19-9-15(24(26)27)5-6-20(19)23)12-17(29-14)10-16(25)11-21(2,3)4/h5-6,9,12,14,18H,7-8,10-11,13H2,1-4H3/t14-,18+,22-/m1/s1. The van der Waals surface area contributed by atoms with Gasteiger partial charge in [-0.1, -0.05) is 33.8 Å². The molecule has 0 aliphatic carbocycles. The summed E-state index contributed by atoms with van der Waals surface area (Å²) in [4.78, 5) is 24.3. The number of nitro groups is 1. The summed E-state index contributed by atoms with van der Waals surface area (Å²) >= 11 is 1.66. The van der Waals surface area contributed by atoms with Gasteiger partial charge in [-0.15, -0.1) is 11.8 Å². The van der Waals surface area contributed by atoms with Crippen molar-refractivity contribution in [2.45, 2.75) is 57.6 Å². The minimum atomic E-state index is -0.795. The Bertz CT molecular complexity index is 848. The number of hydrogen-bond acceptors (Lipinski definition) is 5. The molecule has 2 heterocycles. The van der Waals surface area contributed by atoms with E-state index in [0.29, 0.717) is 25.0 Å². The van der Waals surface area contributed by atoms with Crippen LogP contribution in [0.3, 0.4) is 0 Å². The van der Waals surface area contributed by atoms with Gasteiger partial charge in [-0.25, -0.2) is 4.39 Å². The first kappa shape index (κ1) is 22.0. The van der Waals surface area contributed by atoms with Gasteiger partial charge in [-0.05, 0) is 28.7 Å². The zero-order valence-electron chi connectivity index (χ0n) is 17.4. The lowest BCUT2D eigenvalue weighted by Gasteiger charge is -2.48. The molecule has 0 bridgehead atoms. The van der Waals surface area contributed by atoms with Gasteiger partial charge in [0.1, 0.15) is 11.6 Å². The zero-order valence-corrected chi connectivity index (χ0v) is 18.2. The second kappa shape index (κ2) is 8.19. The molecule has 2 aliphatic heterocycles. The van der Waals surface area contributed by atoms with E-state index >= 15 is 0 Å². The number of thioether (sulfide) groups is 1. The van der Waals surface area contributed by atoms with E-state index < -0.39 is 16.2 Å². The summed E-state index contributed by atoms with van der Waals surface area (Å²) in [6.07, 6.45) is 3.48. The average molecular weight is 422 g/mol. The van der Waals surface area contributed by atoms with Crippen LogP contribution in [0.25, 0.3) is 0 Å². The quantitative estimate of drug-likeness (QED) is 0.469. The summed E-state index contributed by atoms with van der Waals surface area (Å²) in [6, 6.07) is 3.69. The highest BCUT2D eigenvalue weighted by Crippen LogP contribution is 2.52. The fourth-order valence-electron chi connectivity index (χ4n) is 4.54. The van der Waals surface area contributed by atoms with Gasteiger partial charge < -0.3 is 4.74 Å². The van der Waals surface area contributed by atoms with Crippen molar-refractivity contribution in [2.24, 2.45) is 11.3 Å². The molecule has 1 aromatic carbocycles. The maximum absolute atomic E-state index is 14.9. The summed E-state index contributed by atoms with van der Waals surface area (Å²) < 4.78 is 20.7. The number of fused-ring (bicyclic) bond motifs is 1. The molecule has 0 aromatic heterocycles. The molecule has 5 nitrogen and oxygen atoms in total. The summed E-state index contributed by atoms with van der Waals surface area (Å²) in [6.45, 7) is 9.02. The smallest absolute Gasteiger partial charge is 0.269 e. The van der Waals surface area contributed by atoms with Crippen LogP contribution in [0.5, 0.6) is 0 Å². The monoisotopic (exact) mass is 421 g/mol. The second-order valence-corrected chi connectivity index (χ2v) is 10.8. The molecule has 1 aromatic rings. The first-order valence-electron chi connectivity index (χ1n) is 9.94. The Morgan fingerprint density at radius 1 is 1.41 bits per heavy atom. The molecule has 3 rings (SSSR count). The van der Waals surface area contributed by atoms with E-state index in [1.54, 1.807) is 11.8 Å². The van der Waals surface area contributed by atoms with Crippen molar-refractivity contribution in [1.29, 1.82) is 0 Å². The lowest BCUT2D eigenvalue weighted by molar-refractivity contribution is -0.385. The molecule has 29 heavy (non-hydrogen) atoms. The van der Waals surface area contributed by atoms with Crippen molar-refractivity contribution in [1.82, 2.24) is 0 Å². The lowest BCUT2D eigenvalue weighted by Crippen LogP contribution is -2.49. The number of Topliss-reactive ketones (excluding diaryl/α,β-unsaturated/α-hetero) is 1. The molecule has 0 amide bonds. The Morgan fingerprint density at radius 2 is 2.14 bits per heavy atom. The maximum Gasteiger partial charge on any atom is 0.269 e. The Kier molecular flexibility index (Phi) is 6.20. The van der Waals surface area contributed by atoms with Crippen LogP contribution in [0.1, 0.15) is 52.5 Å². The van der Waals surface area contributed by atoms with E-state index in [4.69, 9.17) is 4.74 Å². The van der Waals surface area contributed by atoms with Gasteiger partial charge in [0.05, 0.1) is 11.5 Å². The fraction of sp³-hybridized carbons (Fsp3) is 0.591. The molecule has 2 aliphatic rings. The van der Waals surface area contributed by atoms with Crippen LogP contribution >= 0.6 is 11.8 Å². The topological polar surface area (TPSA) is 69.4 Å². The van der Waals surface area contributed by atoms with E-state index in [1.807, 2.05) is 26.8 Å². The Balaban J connectivity index is 2.05. The first-order chi connectivity index (χ1) is 13.5. The number of ketones is 1. The van der Waals surface area contributed by atoms with E-state index in [2.05, 4.69) is 6.92 Å². The van der Waals surface area contributed by atoms with Crippen molar-refractivity contribution in [3.05, 3.63) is 50.7 Å². The molecule has 0 radical (unpaired) electrons. The van der Waals surface area contributed by atoms with Crippen molar-refractivity contribution in [3.63, 3.8) is 0 Å². The largest absolute Gasteiger partial charge is 0.380 e. The van der Waals surface area contributed by atoms with Gasteiger partial charge in [0.2, 0.25) is 0 Å². The average Bonchev–Trinajstić information content (AvgIpc) is 2.60. The number of carbonyl (C=O) groups is 1. The molecule has 1 fully saturated rings. The number of non-ortho nitro benzene ring substituents is 1. The number of benzene rings is 1. The number of hydrogen-bond donors (Lipinski definition) is 0. The number of ether oxygens (including phenoxy) is 1. The Labute approximate surface area is 175 Å². The van der Waals surface area contributed by atoms with Crippen molar-refractivity contribution in [2.75, 3.05) is 13.2 Å². The summed E-state index contributed by atoms with van der Waals surface area (Å²) in [5.74, 6) is -0.241. The highest BCUT2D eigenvalue weighted by Gasteiger charge is 2.49. The molecular weight excluding hydrogens is 393 g/mol. The highest BCUT2D eigenvalue weighted by molar-refractivity contribution is 8.03. The predicted molar refractivity (Wildman–Crippen MR) is 112 cm³/mol. The predicted octanol–water partition coefficient (Wildman–Crippen LogP) is 5.42. The molecule has 0 saturated carbocycles. The number of rotatable bonds is 5. The number of allylic oxidation sites excluding steroid dienone is 1. The molecule has 158 valence electrons. The molecular formula is C22H28FNO4S. The van der Waals surface area contributed by atoms with E-state index in [0.717, 1.165) is 11.3 Å². The SMILES string of the molecule is C[C@H]1SC(CC(=O)CC(C)(C)C)=C[C@@]2(c3cc([N+](=O)[O-])ccc3F)COCC[C@@H]12. The number of nitrogens with zero attached hydrogens (tertiary/aromatic N) is 1. The third-order valence-corrected chi connectivity index (χ3v) is 6.92. The molecule has 7 heteroatoms. The molecule has 0 N–H and O–H groups in total. The van der Waals surface area contributed by atoms with E-state index in [-0.39, 0.29) is 34.7 Å². The lowest BCUT2D eigenvalue weighted by atomic mass is 9.66. The summed E-state index contributed by atoms with van der Waals surface area (Å²) in [7, 11) is 0. The van der Waals surface area contributed by atoms with Crippen LogP contribution in [0.4, 0.5) is 10.1 Å². The van der Waals surface area contributed by atoms with Gasteiger partial charge in [0, 0.05) is 47.8 Å². The molecule has 3 atom stereocenters. The van der Waals surface area contributed by atoms with Crippen molar-refractivity contribution in [3.8, 4) is 0 Å². The van der Waals surface area contributed by atoms with Crippen LogP contribution in [-0.2, 0) is 14.9 Å². The van der Waals surface area contributed by atoms with E-state index in [1.165, 1.54) is 18.2 Å². The maximum atomic E-state index is 14.9. The Hall–Kier alpha value is -1.73. The second-order valence-electron chi connectivity index (χ2n) is 9.30. The minimum Gasteiger partial charge on any atom is -0.380 e. The normalized spacial score (nSPS) is 27.1. The summed E-state index contributed by atoms with van der Waals surface area (Å²) in [5.41, 5.74) is -0.728. The van der Waals surface area contributed by atoms with Gasteiger partial charge in [0.25, 0.3) is 5.69 Å². The van der Waals surface area contributed by atoms with Gasteiger partial charge in [-0.3, -0.25) is 14.9 Å². The van der Waals surface area contributed by atoms with Crippen LogP contribution < -0.4 is 0 Å². The minimum absolute atomic E-state index is 0.0826. The Morgan fingerprint density at radius 3 is 2.79 bits per heavy atom. The van der Waals surface area contributed by atoms with Crippen molar-refractivity contribution >= 4 is 23.2 Å². The van der Waals surface area contributed by atoms with E-state index in [9.17, 15) is 19.3 Å². The van der Waals surface area contributed by atoms with Gasteiger partial charge in [0.15, 0.2) is 0 Å². The number of nitro benzene ring substituents is 1. The first-order valence-corrected chi connectivity index (χ1v) is 10.8. The zero-order chi connectivity index (χ0) is 21.4. The molecule has 0 unspecified atom stereocenters. The van der Waals surface area contributed by atoms with Crippen LogP contribution in [0.15, 0.2) is 29.2 Å². The third kappa shape index (κ3) is 4.72. The number of carbonyl (C=O) groups excluding carboxylic acids is 1. The van der Waals surface area contributed by atoms with Crippen LogP contribution in [0, 0.1) is 27.3 Å². The number of halogens is 1. The van der Waals surface area contributed by atoms with Crippen molar-refractivity contribution < 1.29 is 18.8 Å². The molecule has 0 spiro atoms. The van der Waals surface area contributed by atoms with Gasteiger partial charge in [-0.2, -0.15) is 0 Å². The summed E-state index contributed by atoms with van der Waals surface area (Å²) in [5, 5.41) is 11.5. The molecule has 1 saturated heterocycles. The van der Waals surface area contributed by atoms with Crippen LogP contribution in [-0.4, -0.2) is 29.2 Å². The van der Waals surface area contributed by atoms with Crippen LogP contribution in [0.2, 0.25) is 0 Å². The highest BCUT2D eigenvalue weighted by atomic mass is 32.2. The third-order valence-electron chi connectivity index (χ3n) is 5.66. The van der Waals surface area contributed by atoms with Gasteiger partial charge >= 0.3 is 0 Å². The fourth-order valence-corrected chi connectivity index (χ4v) is 6.08.